The van der Waals surface area contributed by atoms with E-state index >= 15 is 0 Å². The maximum absolute atomic E-state index is 14.0. The topological polar surface area (TPSA) is 88.6 Å². The molecule has 0 saturated carbocycles. The van der Waals surface area contributed by atoms with Crippen molar-refractivity contribution in [3.63, 3.8) is 0 Å². The van der Waals surface area contributed by atoms with Crippen LogP contribution in [0.1, 0.15) is 40.9 Å². The van der Waals surface area contributed by atoms with Crippen molar-refractivity contribution in [3.05, 3.63) is 40.8 Å². The van der Waals surface area contributed by atoms with Gasteiger partial charge in [-0.3, -0.25) is 4.79 Å². The predicted molar refractivity (Wildman–Crippen MR) is 136 cm³/mol. The number of hydrogen-bond donors (Lipinski definition) is 2. The van der Waals surface area contributed by atoms with Crippen molar-refractivity contribution >= 4 is 39.0 Å². The number of nitrogens with zero attached hydrogens (tertiary/aromatic N) is 3. The highest BCUT2D eigenvalue weighted by Crippen LogP contribution is 2.37. The highest BCUT2D eigenvalue weighted by atomic mass is 32.1. The molecule has 1 amide bonds. The third kappa shape index (κ3) is 6.45. The van der Waals surface area contributed by atoms with Crippen LogP contribution in [0.25, 0.3) is 10.2 Å². The van der Waals surface area contributed by atoms with E-state index in [2.05, 4.69) is 25.5 Å². The molecule has 1 aliphatic rings. The molecule has 188 valence electrons. The summed E-state index contributed by atoms with van der Waals surface area (Å²) in [5.41, 5.74) is 1.42. The lowest BCUT2D eigenvalue weighted by Crippen LogP contribution is -2.26. The average Bonchev–Trinajstić information content (AvgIpc) is 3.18. The number of aromatic nitrogens is 2. The first-order valence-electron chi connectivity index (χ1n) is 11.9. The molecular weight excluding hydrogens is 469 g/mol. The Labute approximate surface area is 208 Å². The Morgan fingerprint density at radius 1 is 1.26 bits per heavy atom. The molecule has 1 saturated heterocycles. The molecule has 1 aromatic carbocycles. The summed E-state index contributed by atoms with van der Waals surface area (Å²) in [4.78, 5) is 25.1. The minimum atomic E-state index is -0.373. The van der Waals surface area contributed by atoms with Crippen molar-refractivity contribution in [3.8, 4) is 5.75 Å². The highest BCUT2D eigenvalue weighted by molar-refractivity contribution is 7.20. The standard InChI is InChI=1S/C25H32FN5O3S/c1-16-21-23(30-19-7-6-17(26)14-20(19)34-18-8-12-33-13-9-18)28-15-29-25(21)35-22(16)24(32)27-10-4-5-11-31(2)3/h6-7,14-15,18H,4-5,8-13H2,1-3H3,(H,27,32)(H,28,29,30). The number of halogens is 1. The zero-order chi connectivity index (χ0) is 24.8. The third-order valence-corrected chi connectivity index (χ3v) is 7.11. The number of carbonyl (C=O) groups is 1. The number of nitrogens with one attached hydrogen (secondary N) is 2. The molecule has 1 fully saturated rings. The first kappa shape index (κ1) is 25.3. The van der Waals surface area contributed by atoms with Gasteiger partial charge in [-0.2, -0.15) is 0 Å². The number of fused-ring (bicyclic) bond motifs is 1. The second kappa shape index (κ2) is 11.7. The molecule has 4 rings (SSSR count). The zero-order valence-electron chi connectivity index (χ0n) is 20.4. The average molecular weight is 502 g/mol. The lowest BCUT2D eigenvalue weighted by atomic mass is 10.1. The molecule has 2 N–H and O–H groups in total. The molecule has 2 aromatic heterocycles. The van der Waals surface area contributed by atoms with Crippen molar-refractivity contribution in [2.24, 2.45) is 0 Å². The minimum absolute atomic E-state index is 0.0348. The summed E-state index contributed by atoms with van der Waals surface area (Å²) in [6.07, 6.45) is 4.88. The van der Waals surface area contributed by atoms with E-state index in [9.17, 15) is 9.18 Å². The Bertz CT molecular complexity index is 1160. The molecule has 0 radical (unpaired) electrons. The van der Waals surface area contributed by atoms with Gasteiger partial charge in [0.15, 0.2) is 0 Å². The lowest BCUT2D eigenvalue weighted by molar-refractivity contribution is 0.0257. The Hall–Kier alpha value is -2.82. The van der Waals surface area contributed by atoms with Gasteiger partial charge in [-0.15, -0.1) is 11.3 Å². The van der Waals surface area contributed by atoms with E-state index in [0.29, 0.717) is 46.7 Å². The van der Waals surface area contributed by atoms with Crippen LogP contribution < -0.4 is 15.4 Å². The molecule has 0 spiro atoms. The fourth-order valence-electron chi connectivity index (χ4n) is 4.02. The molecule has 8 nitrogen and oxygen atoms in total. The van der Waals surface area contributed by atoms with E-state index in [1.807, 2.05) is 21.0 Å². The second-order valence-corrected chi connectivity index (χ2v) is 9.92. The van der Waals surface area contributed by atoms with Crippen LogP contribution in [0.4, 0.5) is 15.9 Å². The maximum Gasteiger partial charge on any atom is 0.261 e. The van der Waals surface area contributed by atoms with Crippen molar-refractivity contribution in [1.82, 2.24) is 20.2 Å². The van der Waals surface area contributed by atoms with Crippen molar-refractivity contribution in [2.45, 2.75) is 38.7 Å². The molecule has 3 heterocycles. The van der Waals surface area contributed by atoms with Crippen LogP contribution in [-0.4, -0.2) is 67.3 Å². The monoisotopic (exact) mass is 501 g/mol. The quantitative estimate of drug-likeness (QED) is 0.395. The Morgan fingerprint density at radius 2 is 2.06 bits per heavy atom. The van der Waals surface area contributed by atoms with Gasteiger partial charge in [-0.1, -0.05) is 0 Å². The summed E-state index contributed by atoms with van der Waals surface area (Å²) < 4.78 is 25.5. The van der Waals surface area contributed by atoms with Gasteiger partial charge in [0, 0.05) is 25.5 Å². The molecule has 0 atom stereocenters. The summed E-state index contributed by atoms with van der Waals surface area (Å²) >= 11 is 1.34. The summed E-state index contributed by atoms with van der Waals surface area (Å²) in [5.74, 6) is 0.498. The number of aryl methyl sites for hydroxylation is 1. The third-order valence-electron chi connectivity index (χ3n) is 5.91. The molecule has 1 aliphatic heterocycles. The Balaban J connectivity index is 1.53. The fraction of sp³-hybridized carbons (Fsp3) is 0.480. The fourth-order valence-corrected chi connectivity index (χ4v) is 5.08. The van der Waals surface area contributed by atoms with E-state index in [4.69, 9.17) is 9.47 Å². The summed E-state index contributed by atoms with van der Waals surface area (Å²) in [5, 5.41) is 7.08. The second-order valence-electron chi connectivity index (χ2n) is 8.92. The Morgan fingerprint density at radius 3 is 2.83 bits per heavy atom. The summed E-state index contributed by atoms with van der Waals surface area (Å²) in [6.45, 7) is 4.78. The smallest absolute Gasteiger partial charge is 0.261 e. The minimum Gasteiger partial charge on any atom is -0.488 e. The van der Waals surface area contributed by atoms with Gasteiger partial charge in [0.2, 0.25) is 0 Å². The van der Waals surface area contributed by atoms with Gasteiger partial charge in [0.25, 0.3) is 5.91 Å². The number of unbranched alkanes of at least 4 members (excludes halogenated alkanes) is 1. The van der Waals surface area contributed by atoms with Crippen molar-refractivity contribution in [2.75, 3.05) is 45.7 Å². The van der Waals surface area contributed by atoms with Gasteiger partial charge < -0.3 is 25.0 Å². The number of hydrogen-bond acceptors (Lipinski definition) is 8. The van der Waals surface area contributed by atoms with E-state index in [1.54, 1.807) is 6.07 Å². The first-order chi connectivity index (χ1) is 16.9. The van der Waals surface area contributed by atoms with Crippen molar-refractivity contribution in [1.29, 1.82) is 0 Å². The SMILES string of the molecule is Cc1c(C(=O)NCCCCN(C)C)sc2ncnc(Nc3ccc(F)cc3OC3CCOCC3)c12. The lowest BCUT2D eigenvalue weighted by Gasteiger charge is -2.24. The van der Waals surface area contributed by atoms with Gasteiger partial charge in [-0.25, -0.2) is 14.4 Å². The molecular formula is C25H32FN5O3S. The first-order valence-corrected chi connectivity index (χ1v) is 12.7. The Kier molecular flexibility index (Phi) is 8.48. The largest absolute Gasteiger partial charge is 0.488 e. The van der Waals surface area contributed by atoms with E-state index in [0.717, 1.165) is 43.2 Å². The van der Waals surface area contributed by atoms with Crippen LogP contribution in [0.5, 0.6) is 5.75 Å². The van der Waals surface area contributed by atoms with Gasteiger partial charge >= 0.3 is 0 Å². The van der Waals surface area contributed by atoms with Crippen LogP contribution in [0.3, 0.4) is 0 Å². The number of amides is 1. The van der Waals surface area contributed by atoms with Crippen LogP contribution >= 0.6 is 11.3 Å². The van der Waals surface area contributed by atoms with Crippen molar-refractivity contribution < 1.29 is 18.7 Å². The molecule has 0 aliphatic carbocycles. The zero-order valence-corrected chi connectivity index (χ0v) is 21.2. The van der Waals surface area contributed by atoms with Crippen LogP contribution in [0.15, 0.2) is 24.5 Å². The number of anilines is 2. The van der Waals surface area contributed by atoms with Gasteiger partial charge in [0.05, 0.1) is 29.2 Å². The predicted octanol–water partition coefficient (Wildman–Crippen LogP) is 4.51. The number of thiophene rings is 1. The molecule has 3 aromatic rings. The highest BCUT2D eigenvalue weighted by Gasteiger charge is 2.21. The van der Waals surface area contributed by atoms with Gasteiger partial charge in [0.1, 0.15) is 34.6 Å². The van der Waals surface area contributed by atoms with E-state index < -0.39 is 0 Å². The van der Waals surface area contributed by atoms with E-state index in [-0.39, 0.29) is 17.8 Å². The van der Waals surface area contributed by atoms with E-state index in [1.165, 1.54) is 29.8 Å². The molecule has 35 heavy (non-hydrogen) atoms. The summed E-state index contributed by atoms with van der Waals surface area (Å²) in [7, 11) is 4.08. The van der Waals surface area contributed by atoms with Crippen LogP contribution in [0.2, 0.25) is 0 Å². The molecule has 0 unspecified atom stereocenters. The number of benzene rings is 1. The maximum atomic E-state index is 14.0. The number of ether oxygens (including phenoxy) is 2. The number of rotatable bonds is 10. The number of carbonyl (C=O) groups excluding carboxylic acids is 1. The van der Waals surface area contributed by atoms with Crippen LogP contribution in [0, 0.1) is 12.7 Å². The molecule has 0 bridgehead atoms. The molecule has 10 heteroatoms. The van der Waals surface area contributed by atoms with Gasteiger partial charge in [-0.05, 0) is 58.1 Å². The normalized spacial score (nSPS) is 14.4. The summed E-state index contributed by atoms with van der Waals surface area (Å²) in [6, 6.07) is 4.40. The van der Waals surface area contributed by atoms with Crippen LogP contribution in [-0.2, 0) is 4.74 Å².